The maximum atomic E-state index is 11.9. The third-order valence-corrected chi connectivity index (χ3v) is 5.59. The van der Waals surface area contributed by atoms with Gasteiger partial charge < -0.3 is 4.57 Å². The standard InChI is InChI=1S/C11H12N4O2S2/c16-19(17,11-2-1-9-18-11)13-5-6-14-7-8-15-10(14)3-4-12-15/h1-4,7-9,13H,5-6H2. The van der Waals surface area contributed by atoms with Gasteiger partial charge in [0.2, 0.25) is 10.0 Å². The number of nitrogens with zero attached hydrogens (tertiary/aromatic N) is 3. The molecule has 1 N–H and O–H groups in total. The lowest BCUT2D eigenvalue weighted by molar-refractivity contribution is 0.576. The van der Waals surface area contributed by atoms with Gasteiger partial charge in [-0.25, -0.2) is 17.7 Å². The Balaban J connectivity index is 1.67. The quantitative estimate of drug-likeness (QED) is 0.768. The van der Waals surface area contributed by atoms with E-state index in [2.05, 4.69) is 9.82 Å². The first-order valence-electron chi connectivity index (χ1n) is 5.68. The number of hydrogen-bond acceptors (Lipinski definition) is 4. The molecule has 0 aliphatic carbocycles. The maximum absolute atomic E-state index is 11.9. The Morgan fingerprint density at radius 1 is 1.32 bits per heavy atom. The van der Waals surface area contributed by atoms with Gasteiger partial charge in [0.1, 0.15) is 9.86 Å². The second kappa shape index (κ2) is 4.80. The van der Waals surface area contributed by atoms with Crippen LogP contribution in [0.3, 0.4) is 0 Å². The minimum Gasteiger partial charge on any atom is -0.330 e. The average molecular weight is 296 g/mol. The van der Waals surface area contributed by atoms with Crippen LogP contribution >= 0.6 is 11.3 Å². The summed E-state index contributed by atoms with van der Waals surface area (Å²) in [6.07, 6.45) is 5.42. The van der Waals surface area contributed by atoms with Crippen LogP contribution in [0.25, 0.3) is 5.65 Å². The van der Waals surface area contributed by atoms with Crippen molar-refractivity contribution < 1.29 is 8.42 Å². The zero-order valence-corrected chi connectivity index (χ0v) is 11.6. The Morgan fingerprint density at radius 3 is 3.00 bits per heavy atom. The van der Waals surface area contributed by atoms with E-state index in [9.17, 15) is 8.42 Å². The highest BCUT2D eigenvalue weighted by atomic mass is 32.2. The maximum Gasteiger partial charge on any atom is 0.250 e. The molecule has 3 rings (SSSR count). The van der Waals surface area contributed by atoms with Crippen LogP contribution in [0.4, 0.5) is 0 Å². The van der Waals surface area contributed by atoms with E-state index in [0.717, 1.165) is 5.65 Å². The summed E-state index contributed by atoms with van der Waals surface area (Å²) in [5.41, 5.74) is 0.940. The van der Waals surface area contributed by atoms with E-state index >= 15 is 0 Å². The van der Waals surface area contributed by atoms with Gasteiger partial charge in [0.25, 0.3) is 0 Å². The molecule has 0 fully saturated rings. The molecular weight excluding hydrogens is 284 g/mol. The molecule has 0 saturated carbocycles. The molecule has 100 valence electrons. The normalized spacial score (nSPS) is 12.2. The van der Waals surface area contributed by atoms with Crippen molar-refractivity contribution in [1.29, 1.82) is 0 Å². The van der Waals surface area contributed by atoms with Crippen molar-refractivity contribution in [2.75, 3.05) is 6.54 Å². The minimum atomic E-state index is -3.38. The summed E-state index contributed by atoms with van der Waals surface area (Å²) in [4.78, 5) is 0. The third kappa shape index (κ3) is 2.42. The molecule has 8 heteroatoms. The lowest BCUT2D eigenvalue weighted by Crippen LogP contribution is -2.26. The lowest BCUT2D eigenvalue weighted by Gasteiger charge is -2.06. The van der Waals surface area contributed by atoms with Gasteiger partial charge in [-0.3, -0.25) is 0 Å². The van der Waals surface area contributed by atoms with Gasteiger partial charge in [0.05, 0.1) is 6.20 Å². The number of sulfonamides is 1. The molecule has 0 saturated heterocycles. The molecule has 0 unspecified atom stereocenters. The molecule has 19 heavy (non-hydrogen) atoms. The average Bonchev–Trinajstić information content (AvgIpc) is 3.07. The smallest absolute Gasteiger partial charge is 0.250 e. The van der Waals surface area contributed by atoms with Crippen molar-refractivity contribution in [2.24, 2.45) is 0 Å². The fraction of sp³-hybridized carbons (Fsp3) is 0.182. The van der Waals surface area contributed by atoms with Crippen molar-refractivity contribution in [3.05, 3.63) is 42.2 Å². The Bertz CT molecular complexity index is 771. The number of rotatable bonds is 5. The van der Waals surface area contributed by atoms with Crippen LogP contribution in [-0.4, -0.2) is 29.1 Å². The van der Waals surface area contributed by atoms with Crippen LogP contribution in [0.1, 0.15) is 0 Å². The number of aromatic nitrogens is 3. The lowest BCUT2D eigenvalue weighted by atomic mass is 10.6. The van der Waals surface area contributed by atoms with Gasteiger partial charge in [-0.2, -0.15) is 5.10 Å². The third-order valence-electron chi connectivity index (χ3n) is 2.74. The predicted octanol–water partition coefficient (Wildman–Crippen LogP) is 1.18. The number of hydrogen-bond donors (Lipinski definition) is 1. The molecule has 0 radical (unpaired) electrons. The van der Waals surface area contributed by atoms with Crippen LogP contribution in [0.5, 0.6) is 0 Å². The molecule has 0 spiro atoms. The van der Waals surface area contributed by atoms with E-state index in [1.54, 1.807) is 28.2 Å². The van der Waals surface area contributed by atoms with Crippen molar-refractivity contribution in [2.45, 2.75) is 10.8 Å². The van der Waals surface area contributed by atoms with Crippen molar-refractivity contribution >= 4 is 27.0 Å². The Kier molecular flexibility index (Phi) is 3.13. The Hall–Kier alpha value is -1.64. The SMILES string of the molecule is O=S(=O)(NCCn1ccn2nccc12)c1cccs1. The van der Waals surface area contributed by atoms with Crippen LogP contribution < -0.4 is 4.72 Å². The van der Waals surface area contributed by atoms with Crippen molar-refractivity contribution in [3.8, 4) is 0 Å². The number of imidazole rings is 1. The summed E-state index contributed by atoms with van der Waals surface area (Å²) >= 11 is 1.21. The predicted molar refractivity (Wildman–Crippen MR) is 72.7 cm³/mol. The van der Waals surface area contributed by atoms with Gasteiger partial charge >= 0.3 is 0 Å². The largest absolute Gasteiger partial charge is 0.330 e. The molecule has 0 aliphatic heterocycles. The summed E-state index contributed by atoms with van der Waals surface area (Å²) in [6, 6.07) is 5.20. The first-order valence-corrected chi connectivity index (χ1v) is 8.05. The van der Waals surface area contributed by atoms with Crippen LogP contribution in [-0.2, 0) is 16.6 Å². The number of thiophene rings is 1. The van der Waals surface area contributed by atoms with Crippen molar-refractivity contribution in [3.63, 3.8) is 0 Å². The van der Waals surface area contributed by atoms with Crippen LogP contribution in [0, 0.1) is 0 Å². The summed E-state index contributed by atoms with van der Waals surface area (Å²) < 4.78 is 30.4. The zero-order valence-electron chi connectivity index (χ0n) is 9.93. The molecule has 3 aromatic rings. The fourth-order valence-corrected chi connectivity index (χ4v) is 3.91. The Morgan fingerprint density at radius 2 is 2.21 bits per heavy atom. The van der Waals surface area contributed by atoms with E-state index in [4.69, 9.17) is 0 Å². The summed E-state index contributed by atoms with van der Waals surface area (Å²) in [5, 5.41) is 5.84. The fourth-order valence-electron chi connectivity index (χ4n) is 1.85. The Labute approximate surface area is 114 Å². The topological polar surface area (TPSA) is 68.4 Å². The van der Waals surface area contributed by atoms with E-state index in [0.29, 0.717) is 17.3 Å². The summed E-state index contributed by atoms with van der Waals surface area (Å²) in [5.74, 6) is 0. The van der Waals surface area contributed by atoms with Crippen LogP contribution in [0.15, 0.2) is 46.4 Å². The first-order chi connectivity index (χ1) is 9.17. The molecule has 0 aromatic carbocycles. The van der Waals surface area contributed by atoms with Gasteiger partial charge in [-0.05, 0) is 11.4 Å². The molecule has 3 aromatic heterocycles. The molecule has 6 nitrogen and oxygen atoms in total. The van der Waals surface area contributed by atoms with Gasteiger partial charge in [-0.15, -0.1) is 11.3 Å². The molecule has 0 atom stereocenters. The molecule has 0 amide bonds. The number of nitrogens with one attached hydrogen (secondary N) is 1. The summed E-state index contributed by atoms with van der Waals surface area (Å²) in [6.45, 7) is 0.905. The highest BCUT2D eigenvalue weighted by Gasteiger charge is 2.14. The monoisotopic (exact) mass is 296 g/mol. The minimum absolute atomic E-state index is 0.342. The molecule has 0 aliphatic rings. The van der Waals surface area contributed by atoms with Gasteiger partial charge in [0, 0.05) is 31.5 Å². The first kappa shape index (κ1) is 12.4. The van der Waals surface area contributed by atoms with E-state index in [1.165, 1.54) is 11.3 Å². The highest BCUT2D eigenvalue weighted by Crippen LogP contribution is 2.15. The molecular formula is C11H12N4O2S2. The van der Waals surface area contributed by atoms with Gasteiger partial charge in [-0.1, -0.05) is 6.07 Å². The second-order valence-electron chi connectivity index (χ2n) is 3.96. The number of fused-ring (bicyclic) bond motifs is 1. The van der Waals surface area contributed by atoms with Crippen LogP contribution in [0.2, 0.25) is 0 Å². The van der Waals surface area contributed by atoms with E-state index in [1.807, 2.05) is 23.0 Å². The zero-order chi connectivity index (χ0) is 13.3. The molecule has 3 heterocycles. The highest BCUT2D eigenvalue weighted by molar-refractivity contribution is 7.91. The van der Waals surface area contributed by atoms with E-state index < -0.39 is 10.0 Å². The van der Waals surface area contributed by atoms with E-state index in [-0.39, 0.29) is 0 Å². The van der Waals surface area contributed by atoms with Gasteiger partial charge in [0.15, 0.2) is 0 Å². The van der Waals surface area contributed by atoms with Crippen molar-refractivity contribution in [1.82, 2.24) is 18.9 Å². The summed E-state index contributed by atoms with van der Waals surface area (Å²) in [7, 11) is -3.38. The molecule has 0 bridgehead atoms. The second-order valence-corrected chi connectivity index (χ2v) is 6.90.